The minimum absolute atomic E-state index is 0.585. The molecular formula is C13H9ClN2OS. The third-order valence-corrected chi connectivity index (χ3v) is 3.98. The molecule has 0 saturated heterocycles. The van der Waals surface area contributed by atoms with Crippen LogP contribution in [-0.2, 0) is 0 Å². The van der Waals surface area contributed by atoms with E-state index in [1.54, 1.807) is 10.6 Å². The minimum atomic E-state index is 0.585. The number of thiazole rings is 1. The lowest BCUT2D eigenvalue weighted by molar-refractivity contribution is 0.111. The smallest absolute Gasteiger partial charge is 0.195 e. The fourth-order valence-electron chi connectivity index (χ4n) is 1.87. The molecule has 5 heteroatoms. The molecule has 0 fully saturated rings. The second-order valence-electron chi connectivity index (χ2n) is 4.01. The molecule has 0 radical (unpaired) electrons. The van der Waals surface area contributed by atoms with Gasteiger partial charge in [-0.3, -0.25) is 9.36 Å². The SMILES string of the molecule is Cc1cc(Cl)c2nc(-n3cccc3C=O)sc2c1. The largest absolute Gasteiger partial charge is 0.296 e. The molecule has 0 spiro atoms. The summed E-state index contributed by atoms with van der Waals surface area (Å²) in [5, 5.41) is 1.40. The summed E-state index contributed by atoms with van der Waals surface area (Å²) in [4.78, 5) is 15.4. The van der Waals surface area contributed by atoms with Gasteiger partial charge in [-0.25, -0.2) is 4.98 Å². The van der Waals surface area contributed by atoms with Gasteiger partial charge in [0.25, 0.3) is 0 Å². The van der Waals surface area contributed by atoms with Crippen molar-refractivity contribution in [1.29, 1.82) is 0 Å². The molecule has 0 aliphatic carbocycles. The first-order valence-electron chi connectivity index (χ1n) is 5.38. The summed E-state index contributed by atoms with van der Waals surface area (Å²) < 4.78 is 2.80. The van der Waals surface area contributed by atoms with Crippen molar-refractivity contribution in [3.8, 4) is 5.13 Å². The van der Waals surface area contributed by atoms with Crippen LogP contribution in [0.3, 0.4) is 0 Å². The lowest BCUT2D eigenvalue weighted by Gasteiger charge is -1.97. The van der Waals surface area contributed by atoms with Gasteiger partial charge >= 0.3 is 0 Å². The van der Waals surface area contributed by atoms with Gasteiger partial charge in [-0.15, -0.1) is 0 Å². The minimum Gasteiger partial charge on any atom is -0.296 e. The third kappa shape index (κ3) is 1.74. The number of benzene rings is 1. The lowest BCUT2D eigenvalue weighted by atomic mass is 10.2. The van der Waals surface area contributed by atoms with Crippen molar-refractivity contribution >= 4 is 39.4 Å². The van der Waals surface area contributed by atoms with E-state index in [-0.39, 0.29) is 0 Å². The highest BCUT2D eigenvalue weighted by molar-refractivity contribution is 7.20. The number of rotatable bonds is 2. The molecule has 0 aliphatic heterocycles. The second kappa shape index (κ2) is 4.23. The van der Waals surface area contributed by atoms with Gasteiger partial charge in [-0.05, 0) is 36.8 Å². The van der Waals surface area contributed by atoms with Crippen molar-refractivity contribution in [3.63, 3.8) is 0 Å². The van der Waals surface area contributed by atoms with Gasteiger partial charge in [-0.1, -0.05) is 22.9 Å². The van der Waals surface area contributed by atoms with E-state index >= 15 is 0 Å². The molecule has 2 heterocycles. The molecule has 90 valence electrons. The first kappa shape index (κ1) is 11.4. The van der Waals surface area contributed by atoms with Gasteiger partial charge in [0.1, 0.15) is 5.52 Å². The molecule has 0 N–H and O–H groups in total. The Balaban J connectivity index is 2.25. The summed E-state index contributed by atoms with van der Waals surface area (Å²) in [6.07, 6.45) is 2.64. The van der Waals surface area contributed by atoms with Crippen LogP contribution in [0, 0.1) is 6.92 Å². The molecule has 18 heavy (non-hydrogen) atoms. The van der Waals surface area contributed by atoms with Crippen molar-refractivity contribution in [3.05, 3.63) is 46.7 Å². The molecule has 3 aromatic rings. The maximum atomic E-state index is 10.9. The fourth-order valence-corrected chi connectivity index (χ4v) is 3.34. The molecule has 1 aromatic carbocycles. The van der Waals surface area contributed by atoms with E-state index in [0.29, 0.717) is 10.7 Å². The maximum Gasteiger partial charge on any atom is 0.195 e. The van der Waals surface area contributed by atoms with Crippen molar-refractivity contribution in [2.75, 3.05) is 0 Å². The number of fused-ring (bicyclic) bond motifs is 1. The van der Waals surface area contributed by atoms with Crippen molar-refractivity contribution in [1.82, 2.24) is 9.55 Å². The molecule has 0 atom stereocenters. The van der Waals surface area contributed by atoms with E-state index in [1.165, 1.54) is 11.3 Å². The topological polar surface area (TPSA) is 34.9 Å². The number of nitrogens with zero attached hydrogens (tertiary/aromatic N) is 2. The normalized spacial score (nSPS) is 11.0. The molecule has 0 saturated carbocycles. The predicted octanol–water partition coefficient (Wildman–Crippen LogP) is 3.86. The number of hydrogen-bond donors (Lipinski definition) is 0. The van der Waals surface area contributed by atoms with Crippen molar-refractivity contribution < 1.29 is 4.79 Å². The zero-order valence-corrected chi connectivity index (χ0v) is 11.1. The number of carbonyl (C=O) groups is 1. The Hall–Kier alpha value is -1.65. The Morgan fingerprint density at radius 1 is 1.44 bits per heavy atom. The molecule has 2 aromatic heterocycles. The number of halogens is 1. The van der Waals surface area contributed by atoms with E-state index in [1.807, 2.05) is 31.3 Å². The third-order valence-electron chi connectivity index (χ3n) is 2.69. The number of aldehydes is 1. The van der Waals surface area contributed by atoms with Crippen LogP contribution in [0.2, 0.25) is 5.02 Å². The number of aryl methyl sites for hydroxylation is 1. The monoisotopic (exact) mass is 276 g/mol. The van der Waals surface area contributed by atoms with Gasteiger partial charge in [-0.2, -0.15) is 0 Å². The van der Waals surface area contributed by atoms with Crippen LogP contribution < -0.4 is 0 Å². The summed E-state index contributed by atoms with van der Waals surface area (Å²) >= 11 is 7.70. The van der Waals surface area contributed by atoms with E-state index in [4.69, 9.17) is 11.6 Å². The Morgan fingerprint density at radius 3 is 3.06 bits per heavy atom. The molecule has 3 nitrogen and oxygen atoms in total. The van der Waals surface area contributed by atoms with Crippen LogP contribution in [0.15, 0.2) is 30.5 Å². The van der Waals surface area contributed by atoms with E-state index in [2.05, 4.69) is 4.98 Å². The molecule has 0 aliphatic rings. The Morgan fingerprint density at radius 2 is 2.28 bits per heavy atom. The van der Waals surface area contributed by atoms with E-state index in [0.717, 1.165) is 27.2 Å². The van der Waals surface area contributed by atoms with Gasteiger partial charge < -0.3 is 0 Å². The van der Waals surface area contributed by atoms with E-state index < -0.39 is 0 Å². The number of aromatic nitrogens is 2. The zero-order chi connectivity index (χ0) is 12.7. The molecular weight excluding hydrogens is 268 g/mol. The second-order valence-corrected chi connectivity index (χ2v) is 5.43. The predicted molar refractivity (Wildman–Crippen MR) is 74.1 cm³/mol. The van der Waals surface area contributed by atoms with Crippen LogP contribution >= 0.6 is 22.9 Å². The van der Waals surface area contributed by atoms with Crippen LogP contribution in [0.25, 0.3) is 15.3 Å². The quantitative estimate of drug-likeness (QED) is 0.666. The average molecular weight is 277 g/mol. The highest BCUT2D eigenvalue weighted by Gasteiger charge is 2.11. The zero-order valence-electron chi connectivity index (χ0n) is 9.55. The molecule has 3 rings (SSSR count). The van der Waals surface area contributed by atoms with Crippen molar-refractivity contribution in [2.45, 2.75) is 6.92 Å². The maximum absolute atomic E-state index is 10.9. The van der Waals surface area contributed by atoms with Gasteiger partial charge in [0.2, 0.25) is 0 Å². The molecule has 0 amide bonds. The molecule has 0 bridgehead atoms. The van der Waals surface area contributed by atoms with Crippen LogP contribution in [0.1, 0.15) is 16.1 Å². The summed E-state index contributed by atoms with van der Waals surface area (Å²) in [7, 11) is 0. The highest BCUT2D eigenvalue weighted by Crippen LogP contribution is 2.31. The fraction of sp³-hybridized carbons (Fsp3) is 0.0769. The Labute approximate surface area is 113 Å². The van der Waals surface area contributed by atoms with Crippen molar-refractivity contribution in [2.24, 2.45) is 0 Å². The van der Waals surface area contributed by atoms with Gasteiger partial charge in [0.05, 0.1) is 15.4 Å². The number of hydrogen-bond acceptors (Lipinski definition) is 3. The summed E-state index contributed by atoms with van der Waals surface area (Å²) in [5.41, 5.74) is 2.47. The average Bonchev–Trinajstić information content (AvgIpc) is 2.92. The van der Waals surface area contributed by atoms with Gasteiger partial charge in [0, 0.05) is 6.20 Å². The standard InChI is InChI=1S/C13H9ClN2OS/c1-8-5-10(14)12-11(6-8)18-13(15-12)16-4-2-3-9(16)7-17/h2-7H,1H3. The first-order valence-corrected chi connectivity index (χ1v) is 6.58. The summed E-state index contributed by atoms with van der Waals surface area (Å²) in [5.74, 6) is 0. The lowest BCUT2D eigenvalue weighted by Crippen LogP contribution is -1.95. The van der Waals surface area contributed by atoms with Crippen LogP contribution in [0.5, 0.6) is 0 Å². The Kier molecular flexibility index (Phi) is 2.69. The molecule has 0 unspecified atom stereocenters. The van der Waals surface area contributed by atoms with Crippen LogP contribution in [-0.4, -0.2) is 15.8 Å². The first-order chi connectivity index (χ1) is 8.69. The Bertz CT molecular complexity index is 745. The van der Waals surface area contributed by atoms with E-state index in [9.17, 15) is 4.79 Å². The van der Waals surface area contributed by atoms with Gasteiger partial charge in [0.15, 0.2) is 11.4 Å². The summed E-state index contributed by atoms with van der Waals surface area (Å²) in [6, 6.07) is 7.52. The van der Waals surface area contributed by atoms with Crippen LogP contribution in [0.4, 0.5) is 0 Å². The number of carbonyl (C=O) groups excluding carboxylic acids is 1. The summed E-state index contributed by atoms with van der Waals surface area (Å²) in [6.45, 7) is 2.00. The highest BCUT2D eigenvalue weighted by atomic mass is 35.5.